The molecule has 0 unspecified atom stereocenters. The number of nitrogens with zero attached hydrogens (tertiary/aromatic N) is 3. The van der Waals surface area contributed by atoms with Crippen molar-refractivity contribution < 1.29 is 4.57 Å². The highest BCUT2D eigenvalue weighted by Crippen LogP contribution is 2.11. The molecule has 0 bridgehead atoms. The Balaban J connectivity index is 2.20. The summed E-state index contributed by atoms with van der Waals surface area (Å²) in [5, 5.41) is 0. The van der Waals surface area contributed by atoms with E-state index in [9.17, 15) is 0 Å². The minimum atomic E-state index is 1.03. The highest BCUT2D eigenvalue weighted by Gasteiger charge is 2.14. The van der Waals surface area contributed by atoms with Gasteiger partial charge in [-0.25, -0.2) is 9.55 Å². The van der Waals surface area contributed by atoms with Crippen LogP contribution in [-0.2, 0) is 13.0 Å². The van der Waals surface area contributed by atoms with E-state index in [-0.39, 0.29) is 0 Å². The van der Waals surface area contributed by atoms with E-state index in [2.05, 4.69) is 59.4 Å². The molecule has 3 nitrogen and oxygen atoms in total. The standard InChI is InChI=1S/C17H26N3/c1-4-6-8-16-9-10-18-17(14-16)20-13-12-19(15(20)3)11-7-5-2/h9-10,12-14H,4-8,11H2,1-3H3/q+1. The number of rotatable bonds is 7. The van der Waals surface area contributed by atoms with Crippen LogP contribution in [0.25, 0.3) is 5.82 Å². The highest BCUT2D eigenvalue weighted by atomic mass is 15.2. The molecule has 20 heavy (non-hydrogen) atoms. The molecule has 0 N–H and O–H groups in total. The van der Waals surface area contributed by atoms with Gasteiger partial charge in [-0.05, 0) is 30.9 Å². The Hall–Kier alpha value is -1.64. The number of aryl methyl sites for hydroxylation is 2. The van der Waals surface area contributed by atoms with Crippen molar-refractivity contribution in [2.45, 2.75) is 59.4 Å². The zero-order valence-corrected chi connectivity index (χ0v) is 13.0. The molecular formula is C17H26N3+. The summed E-state index contributed by atoms with van der Waals surface area (Å²) in [6.07, 6.45) is 12.3. The lowest BCUT2D eigenvalue weighted by Gasteiger charge is -2.03. The van der Waals surface area contributed by atoms with E-state index in [1.54, 1.807) is 0 Å². The topological polar surface area (TPSA) is 21.7 Å². The zero-order valence-electron chi connectivity index (χ0n) is 13.0. The first-order chi connectivity index (χ1) is 9.76. The van der Waals surface area contributed by atoms with E-state index in [1.807, 2.05) is 6.20 Å². The van der Waals surface area contributed by atoms with Gasteiger partial charge in [0.05, 0.1) is 6.54 Å². The van der Waals surface area contributed by atoms with Gasteiger partial charge in [-0.1, -0.05) is 26.7 Å². The average molecular weight is 272 g/mol. The van der Waals surface area contributed by atoms with Crippen LogP contribution >= 0.6 is 0 Å². The summed E-state index contributed by atoms with van der Waals surface area (Å²) in [5.41, 5.74) is 1.38. The van der Waals surface area contributed by atoms with Crippen molar-refractivity contribution in [2.75, 3.05) is 0 Å². The highest BCUT2D eigenvalue weighted by molar-refractivity contribution is 5.28. The van der Waals surface area contributed by atoms with E-state index in [4.69, 9.17) is 0 Å². The van der Waals surface area contributed by atoms with Gasteiger partial charge in [0.25, 0.3) is 5.82 Å². The number of hydrogen-bond donors (Lipinski definition) is 0. The van der Waals surface area contributed by atoms with Gasteiger partial charge in [-0.15, -0.1) is 0 Å². The summed E-state index contributed by atoms with van der Waals surface area (Å²) < 4.78 is 4.50. The van der Waals surface area contributed by atoms with Crippen LogP contribution in [-0.4, -0.2) is 9.55 Å². The molecule has 2 aromatic rings. The number of pyridine rings is 1. The Bertz CT molecular complexity index is 543. The van der Waals surface area contributed by atoms with Crippen LogP contribution in [0.2, 0.25) is 0 Å². The minimum Gasteiger partial charge on any atom is -0.234 e. The molecule has 0 aromatic carbocycles. The molecule has 0 atom stereocenters. The maximum absolute atomic E-state index is 4.52. The molecule has 0 saturated carbocycles. The SMILES string of the molecule is CCCCc1ccnc(-n2cc[n+](CCCC)c2C)c1. The second-order valence-corrected chi connectivity index (χ2v) is 5.39. The number of imidazole rings is 1. The van der Waals surface area contributed by atoms with Gasteiger partial charge >= 0.3 is 0 Å². The Labute approximate surface area is 122 Å². The van der Waals surface area contributed by atoms with Crippen LogP contribution in [0, 0.1) is 6.92 Å². The molecule has 2 heterocycles. The van der Waals surface area contributed by atoms with Crippen LogP contribution in [0.3, 0.4) is 0 Å². The lowest BCUT2D eigenvalue weighted by atomic mass is 10.1. The molecule has 0 amide bonds. The summed E-state index contributed by atoms with van der Waals surface area (Å²) in [5.74, 6) is 2.28. The van der Waals surface area contributed by atoms with Crippen molar-refractivity contribution in [3.63, 3.8) is 0 Å². The van der Waals surface area contributed by atoms with Crippen LogP contribution < -0.4 is 4.57 Å². The predicted octanol–water partition coefficient (Wildman–Crippen LogP) is 3.61. The van der Waals surface area contributed by atoms with E-state index < -0.39 is 0 Å². The van der Waals surface area contributed by atoms with Crippen molar-refractivity contribution in [1.82, 2.24) is 9.55 Å². The lowest BCUT2D eigenvalue weighted by molar-refractivity contribution is -0.702. The fourth-order valence-electron chi connectivity index (χ4n) is 2.44. The van der Waals surface area contributed by atoms with Crippen LogP contribution in [0.1, 0.15) is 50.9 Å². The van der Waals surface area contributed by atoms with E-state index in [0.29, 0.717) is 0 Å². The van der Waals surface area contributed by atoms with Gasteiger partial charge in [-0.3, -0.25) is 0 Å². The molecule has 0 aliphatic heterocycles. The molecule has 0 aliphatic rings. The van der Waals surface area contributed by atoms with Gasteiger partial charge in [-0.2, -0.15) is 4.57 Å². The molecule has 0 saturated heterocycles. The van der Waals surface area contributed by atoms with Crippen molar-refractivity contribution in [3.05, 3.63) is 42.1 Å². The number of aromatic nitrogens is 3. The third-order valence-corrected chi connectivity index (χ3v) is 3.79. The van der Waals surface area contributed by atoms with Crippen molar-refractivity contribution >= 4 is 0 Å². The summed E-state index contributed by atoms with van der Waals surface area (Å²) in [7, 11) is 0. The summed E-state index contributed by atoms with van der Waals surface area (Å²) in [6, 6.07) is 4.34. The third-order valence-electron chi connectivity index (χ3n) is 3.79. The predicted molar refractivity (Wildman–Crippen MR) is 82.0 cm³/mol. The molecule has 2 aromatic heterocycles. The first-order valence-electron chi connectivity index (χ1n) is 7.79. The van der Waals surface area contributed by atoms with E-state index in [1.165, 1.54) is 37.1 Å². The number of unbranched alkanes of at least 4 members (excludes halogenated alkanes) is 2. The first-order valence-corrected chi connectivity index (χ1v) is 7.79. The van der Waals surface area contributed by atoms with Gasteiger partial charge in [0.2, 0.25) is 5.82 Å². The van der Waals surface area contributed by atoms with Crippen molar-refractivity contribution in [2.24, 2.45) is 0 Å². The minimum absolute atomic E-state index is 1.03. The second kappa shape index (κ2) is 7.22. The lowest BCUT2D eigenvalue weighted by Crippen LogP contribution is -2.35. The fourth-order valence-corrected chi connectivity index (χ4v) is 2.44. The van der Waals surface area contributed by atoms with Gasteiger partial charge in [0, 0.05) is 19.2 Å². The van der Waals surface area contributed by atoms with E-state index >= 15 is 0 Å². The monoisotopic (exact) mass is 272 g/mol. The average Bonchev–Trinajstić information content (AvgIpc) is 2.84. The van der Waals surface area contributed by atoms with Gasteiger partial charge < -0.3 is 0 Å². The molecule has 0 aliphatic carbocycles. The summed E-state index contributed by atoms with van der Waals surface area (Å²) >= 11 is 0. The quantitative estimate of drug-likeness (QED) is 0.706. The molecule has 108 valence electrons. The maximum atomic E-state index is 4.52. The van der Waals surface area contributed by atoms with Crippen molar-refractivity contribution in [1.29, 1.82) is 0 Å². The maximum Gasteiger partial charge on any atom is 0.259 e. The Morgan fingerprint density at radius 1 is 1.20 bits per heavy atom. The Morgan fingerprint density at radius 2 is 2.00 bits per heavy atom. The van der Waals surface area contributed by atoms with Gasteiger partial charge in [0.1, 0.15) is 12.4 Å². The fraction of sp³-hybridized carbons (Fsp3) is 0.529. The number of hydrogen-bond acceptors (Lipinski definition) is 1. The summed E-state index contributed by atoms with van der Waals surface area (Å²) in [6.45, 7) is 7.71. The Kier molecular flexibility index (Phi) is 5.33. The molecule has 2 rings (SSSR count). The molecule has 0 fully saturated rings. The molecule has 0 radical (unpaired) electrons. The molecule has 3 heteroatoms. The zero-order chi connectivity index (χ0) is 14.4. The normalized spacial score (nSPS) is 10.9. The largest absolute Gasteiger partial charge is 0.259 e. The summed E-state index contributed by atoms with van der Waals surface area (Å²) in [4.78, 5) is 4.52. The van der Waals surface area contributed by atoms with Crippen LogP contribution in [0.4, 0.5) is 0 Å². The van der Waals surface area contributed by atoms with Crippen molar-refractivity contribution in [3.8, 4) is 5.82 Å². The second-order valence-electron chi connectivity index (χ2n) is 5.39. The third kappa shape index (κ3) is 3.47. The van der Waals surface area contributed by atoms with Gasteiger partial charge in [0.15, 0.2) is 0 Å². The first kappa shape index (κ1) is 14.8. The Morgan fingerprint density at radius 3 is 2.75 bits per heavy atom. The molecular weight excluding hydrogens is 246 g/mol. The molecule has 0 spiro atoms. The smallest absolute Gasteiger partial charge is 0.234 e. The van der Waals surface area contributed by atoms with Crippen LogP contribution in [0.15, 0.2) is 30.7 Å². The van der Waals surface area contributed by atoms with Crippen LogP contribution in [0.5, 0.6) is 0 Å². The van der Waals surface area contributed by atoms with E-state index in [0.717, 1.165) is 18.8 Å².